The molecule has 0 spiro atoms. The third kappa shape index (κ3) is 5.19. The summed E-state index contributed by atoms with van der Waals surface area (Å²) in [7, 11) is 0. The number of hydrogen-bond donors (Lipinski definition) is 2. The Hall–Kier alpha value is -2.08. The van der Waals surface area contributed by atoms with Crippen molar-refractivity contribution in [2.24, 2.45) is 0 Å². The van der Waals surface area contributed by atoms with Gasteiger partial charge in [-0.2, -0.15) is 0 Å². The summed E-state index contributed by atoms with van der Waals surface area (Å²) >= 11 is 0. The highest BCUT2D eigenvalue weighted by Gasteiger charge is 2.30. The van der Waals surface area contributed by atoms with Crippen molar-refractivity contribution in [3.8, 4) is 0 Å². The van der Waals surface area contributed by atoms with Crippen molar-refractivity contribution >= 4 is 11.9 Å². The van der Waals surface area contributed by atoms with E-state index >= 15 is 0 Å². The van der Waals surface area contributed by atoms with Crippen LogP contribution in [0.3, 0.4) is 0 Å². The Morgan fingerprint density at radius 2 is 1.92 bits per heavy atom. The first kappa shape index (κ1) is 17.7. The number of rotatable bonds is 7. The van der Waals surface area contributed by atoms with Gasteiger partial charge in [0.15, 0.2) is 0 Å². The molecule has 6 nitrogen and oxygen atoms in total. The fraction of sp³-hybridized carbons (Fsp3) is 0.579. The summed E-state index contributed by atoms with van der Waals surface area (Å²) in [4.78, 5) is 28.0. The van der Waals surface area contributed by atoms with Gasteiger partial charge >= 0.3 is 6.03 Å². The Kier molecular flexibility index (Phi) is 6.28. The van der Waals surface area contributed by atoms with E-state index in [1.54, 1.807) is 0 Å². The van der Waals surface area contributed by atoms with Gasteiger partial charge in [-0.05, 0) is 24.8 Å². The van der Waals surface area contributed by atoms with Gasteiger partial charge in [-0.25, -0.2) is 4.79 Å². The summed E-state index contributed by atoms with van der Waals surface area (Å²) in [5.74, 6) is 0.122. The van der Waals surface area contributed by atoms with Crippen LogP contribution in [0, 0.1) is 0 Å². The second-order valence-electron chi connectivity index (χ2n) is 6.83. The summed E-state index contributed by atoms with van der Waals surface area (Å²) < 4.78 is 0. The number of benzene rings is 1. The van der Waals surface area contributed by atoms with E-state index in [0.29, 0.717) is 19.0 Å². The summed E-state index contributed by atoms with van der Waals surface area (Å²) in [5, 5.41) is 5.87. The van der Waals surface area contributed by atoms with Gasteiger partial charge in [0, 0.05) is 51.7 Å². The molecule has 2 N–H and O–H groups in total. The Bertz CT molecular complexity index is 570. The quantitative estimate of drug-likeness (QED) is 0.782. The van der Waals surface area contributed by atoms with Crippen molar-refractivity contribution in [3.63, 3.8) is 0 Å². The lowest BCUT2D eigenvalue weighted by Gasteiger charge is -2.36. The summed E-state index contributed by atoms with van der Waals surface area (Å²) in [6, 6.07) is 10.6. The lowest BCUT2D eigenvalue weighted by atomic mass is 10.0. The third-order valence-electron chi connectivity index (χ3n) is 5.12. The van der Waals surface area contributed by atoms with Gasteiger partial charge in [-0.15, -0.1) is 0 Å². The molecular weight excluding hydrogens is 316 g/mol. The standard InChI is InChI=1S/C19H28N4O2/c24-18(20-10-6-16-4-2-1-3-5-16)9-14-22-12-7-17(8-13-22)23-15-11-21-19(23)25/h1-5,17H,6-15H2,(H,20,24)(H,21,25). The summed E-state index contributed by atoms with van der Waals surface area (Å²) in [6.07, 6.45) is 3.42. The SMILES string of the molecule is O=C(CCN1CCC(N2CCNC2=O)CC1)NCCc1ccccc1. The van der Waals surface area contributed by atoms with Crippen LogP contribution in [0.5, 0.6) is 0 Å². The van der Waals surface area contributed by atoms with E-state index in [2.05, 4.69) is 27.7 Å². The molecule has 136 valence electrons. The van der Waals surface area contributed by atoms with E-state index in [-0.39, 0.29) is 11.9 Å². The lowest BCUT2D eigenvalue weighted by Crippen LogP contribution is -2.46. The number of amides is 3. The van der Waals surface area contributed by atoms with Crippen molar-refractivity contribution in [2.45, 2.75) is 31.7 Å². The van der Waals surface area contributed by atoms with Crippen LogP contribution in [0.1, 0.15) is 24.8 Å². The predicted molar refractivity (Wildman–Crippen MR) is 97.3 cm³/mol. The van der Waals surface area contributed by atoms with E-state index in [0.717, 1.165) is 52.0 Å². The second-order valence-corrected chi connectivity index (χ2v) is 6.83. The van der Waals surface area contributed by atoms with Gasteiger partial charge in [-0.3, -0.25) is 4.79 Å². The second kappa shape index (κ2) is 8.85. The zero-order valence-electron chi connectivity index (χ0n) is 14.7. The number of nitrogens with one attached hydrogen (secondary N) is 2. The summed E-state index contributed by atoms with van der Waals surface area (Å²) in [5.41, 5.74) is 1.25. The van der Waals surface area contributed by atoms with Crippen LogP contribution in [0.2, 0.25) is 0 Å². The molecule has 25 heavy (non-hydrogen) atoms. The topological polar surface area (TPSA) is 64.7 Å². The average Bonchev–Trinajstić information content (AvgIpc) is 3.07. The van der Waals surface area contributed by atoms with Crippen molar-refractivity contribution in [3.05, 3.63) is 35.9 Å². The first-order valence-corrected chi connectivity index (χ1v) is 9.30. The number of hydrogen-bond acceptors (Lipinski definition) is 3. The molecule has 0 saturated carbocycles. The van der Waals surface area contributed by atoms with Gasteiger partial charge in [0.1, 0.15) is 0 Å². The average molecular weight is 344 g/mol. The van der Waals surface area contributed by atoms with Gasteiger partial charge in [-0.1, -0.05) is 30.3 Å². The molecule has 3 amide bonds. The van der Waals surface area contributed by atoms with E-state index < -0.39 is 0 Å². The lowest BCUT2D eigenvalue weighted by molar-refractivity contribution is -0.121. The minimum atomic E-state index is 0.0799. The largest absolute Gasteiger partial charge is 0.356 e. The first-order chi connectivity index (χ1) is 12.2. The van der Waals surface area contributed by atoms with Crippen LogP contribution in [0.4, 0.5) is 4.79 Å². The van der Waals surface area contributed by atoms with E-state index in [1.165, 1.54) is 5.56 Å². The third-order valence-corrected chi connectivity index (χ3v) is 5.12. The summed E-state index contributed by atoms with van der Waals surface area (Å²) in [6.45, 7) is 5.01. The Morgan fingerprint density at radius 1 is 1.16 bits per heavy atom. The number of carbonyl (C=O) groups excluding carboxylic acids is 2. The molecule has 0 atom stereocenters. The minimum Gasteiger partial charge on any atom is -0.356 e. The van der Waals surface area contributed by atoms with E-state index in [9.17, 15) is 9.59 Å². The molecule has 0 bridgehead atoms. The van der Waals surface area contributed by atoms with Crippen molar-refractivity contribution in [1.82, 2.24) is 20.4 Å². The maximum atomic E-state index is 12.0. The molecule has 1 aromatic rings. The molecule has 2 aliphatic heterocycles. The van der Waals surface area contributed by atoms with Crippen LogP contribution in [-0.2, 0) is 11.2 Å². The Labute approximate surface area is 149 Å². The number of piperidine rings is 1. The molecule has 2 aliphatic rings. The number of nitrogens with zero attached hydrogens (tertiary/aromatic N) is 2. The molecule has 0 radical (unpaired) electrons. The fourth-order valence-electron chi connectivity index (χ4n) is 3.63. The fourth-order valence-corrected chi connectivity index (χ4v) is 3.63. The molecule has 0 aromatic heterocycles. The Morgan fingerprint density at radius 3 is 2.60 bits per heavy atom. The van der Waals surface area contributed by atoms with Gasteiger partial charge in [0.2, 0.25) is 5.91 Å². The highest BCUT2D eigenvalue weighted by molar-refractivity contribution is 5.76. The maximum absolute atomic E-state index is 12.0. The number of carbonyl (C=O) groups is 2. The molecule has 2 heterocycles. The van der Waals surface area contributed by atoms with Crippen LogP contribution in [-0.4, -0.2) is 67.0 Å². The zero-order valence-corrected chi connectivity index (χ0v) is 14.7. The molecular formula is C19H28N4O2. The number of urea groups is 1. The van der Waals surface area contributed by atoms with Gasteiger partial charge in [0.05, 0.1) is 0 Å². The molecule has 1 aromatic carbocycles. The maximum Gasteiger partial charge on any atom is 0.317 e. The monoisotopic (exact) mass is 344 g/mol. The number of likely N-dealkylation sites (tertiary alicyclic amines) is 1. The van der Waals surface area contributed by atoms with E-state index in [4.69, 9.17) is 0 Å². The molecule has 0 aliphatic carbocycles. The Balaban J connectivity index is 1.29. The van der Waals surface area contributed by atoms with Crippen LogP contribution in [0.15, 0.2) is 30.3 Å². The first-order valence-electron chi connectivity index (χ1n) is 9.30. The highest BCUT2D eigenvalue weighted by atomic mass is 16.2. The highest BCUT2D eigenvalue weighted by Crippen LogP contribution is 2.18. The zero-order chi connectivity index (χ0) is 17.5. The molecule has 3 rings (SSSR count). The molecule has 0 unspecified atom stereocenters. The molecule has 2 fully saturated rings. The van der Waals surface area contributed by atoms with E-state index in [1.807, 2.05) is 23.1 Å². The normalized spacial score (nSPS) is 19.0. The van der Waals surface area contributed by atoms with Crippen LogP contribution >= 0.6 is 0 Å². The molecule has 6 heteroatoms. The van der Waals surface area contributed by atoms with Crippen LogP contribution < -0.4 is 10.6 Å². The molecule has 2 saturated heterocycles. The van der Waals surface area contributed by atoms with Crippen LogP contribution in [0.25, 0.3) is 0 Å². The smallest absolute Gasteiger partial charge is 0.317 e. The minimum absolute atomic E-state index is 0.0799. The van der Waals surface area contributed by atoms with Crippen molar-refractivity contribution < 1.29 is 9.59 Å². The van der Waals surface area contributed by atoms with Crippen molar-refractivity contribution in [1.29, 1.82) is 0 Å². The van der Waals surface area contributed by atoms with Crippen molar-refractivity contribution in [2.75, 3.05) is 39.3 Å². The van der Waals surface area contributed by atoms with Gasteiger partial charge in [0.25, 0.3) is 0 Å². The predicted octanol–water partition coefficient (Wildman–Crippen LogP) is 1.23. The van der Waals surface area contributed by atoms with Gasteiger partial charge < -0.3 is 20.4 Å².